The highest BCUT2D eigenvalue weighted by atomic mass is 16.1. The maximum Gasteiger partial charge on any atom is 0.228 e. The van der Waals surface area contributed by atoms with Crippen molar-refractivity contribution in [3.63, 3.8) is 0 Å². The molecule has 0 aliphatic heterocycles. The summed E-state index contributed by atoms with van der Waals surface area (Å²) in [6.07, 6.45) is 3.74. The van der Waals surface area contributed by atoms with E-state index >= 15 is 0 Å². The normalized spacial score (nSPS) is 10.0. The van der Waals surface area contributed by atoms with Gasteiger partial charge in [0.25, 0.3) is 0 Å². The Morgan fingerprint density at radius 2 is 1.95 bits per heavy atom. The number of benzene rings is 1. The molecule has 2 rings (SSSR count). The molecule has 0 spiro atoms. The molecular formula is C15H17N3O. The van der Waals surface area contributed by atoms with E-state index in [0.717, 1.165) is 16.9 Å². The Kier molecular flexibility index (Phi) is 4.13. The van der Waals surface area contributed by atoms with Gasteiger partial charge in [-0.3, -0.25) is 9.78 Å². The van der Waals surface area contributed by atoms with Gasteiger partial charge in [0.05, 0.1) is 6.42 Å². The van der Waals surface area contributed by atoms with Crippen molar-refractivity contribution in [2.45, 2.75) is 6.42 Å². The predicted molar refractivity (Wildman–Crippen MR) is 77.3 cm³/mol. The van der Waals surface area contributed by atoms with E-state index < -0.39 is 0 Å². The monoisotopic (exact) mass is 255 g/mol. The predicted octanol–water partition coefficient (Wildman–Crippen LogP) is 2.33. The lowest BCUT2D eigenvalue weighted by Crippen LogP contribution is -2.15. The van der Waals surface area contributed by atoms with Crippen LogP contribution in [0.1, 0.15) is 5.56 Å². The molecule has 0 saturated heterocycles. The molecule has 0 aliphatic carbocycles. The van der Waals surface area contributed by atoms with Gasteiger partial charge < -0.3 is 10.2 Å². The fourth-order valence-corrected chi connectivity index (χ4v) is 1.75. The summed E-state index contributed by atoms with van der Waals surface area (Å²) in [5.74, 6) is -0.0258. The average molecular weight is 255 g/mol. The fraction of sp³-hybridized carbons (Fsp3) is 0.200. The van der Waals surface area contributed by atoms with Gasteiger partial charge in [-0.15, -0.1) is 0 Å². The van der Waals surface area contributed by atoms with Crippen molar-refractivity contribution in [2.75, 3.05) is 24.3 Å². The van der Waals surface area contributed by atoms with Gasteiger partial charge in [0, 0.05) is 37.9 Å². The maximum absolute atomic E-state index is 11.9. The number of carbonyl (C=O) groups excluding carboxylic acids is 1. The number of carbonyl (C=O) groups is 1. The first-order chi connectivity index (χ1) is 9.15. The Labute approximate surface area is 113 Å². The van der Waals surface area contributed by atoms with Crippen LogP contribution in [0.4, 0.5) is 11.4 Å². The molecular weight excluding hydrogens is 238 g/mol. The second kappa shape index (κ2) is 6.00. The summed E-state index contributed by atoms with van der Waals surface area (Å²) in [4.78, 5) is 17.8. The van der Waals surface area contributed by atoms with Crippen LogP contribution < -0.4 is 10.2 Å². The quantitative estimate of drug-likeness (QED) is 0.912. The lowest BCUT2D eigenvalue weighted by Gasteiger charge is -2.14. The van der Waals surface area contributed by atoms with E-state index in [0.29, 0.717) is 6.42 Å². The van der Waals surface area contributed by atoms with Crippen molar-refractivity contribution in [1.29, 1.82) is 0 Å². The zero-order chi connectivity index (χ0) is 13.7. The Hall–Kier alpha value is -2.36. The van der Waals surface area contributed by atoms with Gasteiger partial charge in [0.1, 0.15) is 0 Å². The Morgan fingerprint density at radius 1 is 1.21 bits per heavy atom. The van der Waals surface area contributed by atoms with Crippen molar-refractivity contribution in [3.05, 3.63) is 54.4 Å². The third-order valence-corrected chi connectivity index (χ3v) is 2.76. The summed E-state index contributed by atoms with van der Waals surface area (Å²) in [5, 5.41) is 2.90. The van der Waals surface area contributed by atoms with Crippen LogP contribution in [0.3, 0.4) is 0 Å². The van der Waals surface area contributed by atoms with Crippen LogP contribution in [-0.4, -0.2) is 25.0 Å². The number of rotatable bonds is 4. The number of nitrogens with zero attached hydrogens (tertiary/aromatic N) is 2. The summed E-state index contributed by atoms with van der Waals surface area (Å²) in [7, 11) is 3.94. The van der Waals surface area contributed by atoms with Crippen LogP contribution in [0.2, 0.25) is 0 Å². The third kappa shape index (κ3) is 3.81. The standard InChI is InChI=1S/C15H17N3O/c1-18(2)14-5-3-4-13(11-14)17-15(19)10-12-6-8-16-9-7-12/h3-9,11H,10H2,1-2H3,(H,17,19). The van der Waals surface area contributed by atoms with Crippen molar-refractivity contribution in [3.8, 4) is 0 Å². The topological polar surface area (TPSA) is 45.2 Å². The van der Waals surface area contributed by atoms with Crippen LogP contribution in [0, 0.1) is 0 Å². The lowest BCUT2D eigenvalue weighted by atomic mass is 10.2. The van der Waals surface area contributed by atoms with Gasteiger partial charge in [-0.05, 0) is 35.9 Å². The highest BCUT2D eigenvalue weighted by Crippen LogP contribution is 2.17. The summed E-state index contributed by atoms with van der Waals surface area (Å²) in [5.41, 5.74) is 2.82. The Morgan fingerprint density at radius 3 is 2.63 bits per heavy atom. The summed E-state index contributed by atoms with van der Waals surface area (Å²) < 4.78 is 0. The molecule has 4 heteroatoms. The first-order valence-corrected chi connectivity index (χ1v) is 6.11. The van der Waals surface area contributed by atoms with Gasteiger partial charge in [0.2, 0.25) is 5.91 Å². The Bertz CT molecular complexity index is 552. The minimum Gasteiger partial charge on any atom is -0.378 e. The van der Waals surface area contributed by atoms with E-state index in [4.69, 9.17) is 0 Å². The second-order valence-electron chi connectivity index (χ2n) is 4.53. The highest BCUT2D eigenvalue weighted by molar-refractivity contribution is 5.92. The van der Waals surface area contributed by atoms with Gasteiger partial charge in [-0.2, -0.15) is 0 Å². The molecule has 1 aromatic heterocycles. The fourth-order valence-electron chi connectivity index (χ4n) is 1.75. The van der Waals surface area contributed by atoms with Gasteiger partial charge >= 0.3 is 0 Å². The molecule has 0 aliphatic rings. The number of hydrogen-bond acceptors (Lipinski definition) is 3. The molecule has 0 fully saturated rings. The van der Waals surface area contributed by atoms with Gasteiger partial charge in [-0.25, -0.2) is 0 Å². The number of amides is 1. The summed E-state index contributed by atoms with van der Waals surface area (Å²) >= 11 is 0. The minimum absolute atomic E-state index is 0.0258. The van der Waals surface area contributed by atoms with Crippen molar-refractivity contribution in [1.82, 2.24) is 4.98 Å². The molecule has 1 aromatic carbocycles. The van der Waals surface area contributed by atoms with Crippen LogP contribution in [0.25, 0.3) is 0 Å². The lowest BCUT2D eigenvalue weighted by molar-refractivity contribution is -0.115. The number of hydrogen-bond donors (Lipinski definition) is 1. The van der Waals surface area contributed by atoms with Crippen molar-refractivity contribution in [2.24, 2.45) is 0 Å². The molecule has 98 valence electrons. The molecule has 0 atom stereocenters. The van der Waals surface area contributed by atoms with Crippen molar-refractivity contribution >= 4 is 17.3 Å². The van der Waals surface area contributed by atoms with Gasteiger partial charge in [0.15, 0.2) is 0 Å². The van der Waals surface area contributed by atoms with E-state index in [1.54, 1.807) is 12.4 Å². The minimum atomic E-state index is -0.0258. The largest absolute Gasteiger partial charge is 0.378 e. The van der Waals surface area contributed by atoms with Crippen LogP contribution >= 0.6 is 0 Å². The van der Waals surface area contributed by atoms with Crippen LogP contribution in [0.5, 0.6) is 0 Å². The smallest absolute Gasteiger partial charge is 0.228 e. The molecule has 2 aromatic rings. The maximum atomic E-state index is 11.9. The zero-order valence-corrected chi connectivity index (χ0v) is 11.1. The molecule has 1 amide bonds. The SMILES string of the molecule is CN(C)c1cccc(NC(=O)Cc2ccncc2)c1. The van der Waals surface area contributed by atoms with Crippen LogP contribution in [-0.2, 0) is 11.2 Å². The number of nitrogens with one attached hydrogen (secondary N) is 1. The van der Waals surface area contributed by atoms with Gasteiger partial charge in [-0.1, -0.05) is 6.07 Å². The first kappa shape index (κ1) is 13.1. The van der Waals surface area contributed by atoms with E-state index in [9.17, 15) is 4.79 Å². The molecule has 1 N–H and O–H groups in total. The van der Waals surface area contributed by atoms with E-state index in [1.807, 2.05) is 55.4 Å². The third-order valence-electron chi connectivity index (χ3n) is 2.76. The second-order valence-corrected chi connectivity index (χ2v) is 4.53. The molecule has 0 unspecified atom stereocenters. The Balaban J connectivity index is 2.01. The van der Waals surface area contributed by atoms with Crippen LogP contribution in [0.15, 0.2) is 48.8 Å². The summed E-state index contributed by atoms with van der Waals surface area (Å²) in [6, 6.07) is 11.4. The molecule has 1 heterocycles. The number of anilines is 2. The number of pyridine rings is 1. The molecule has 19 heavy (non-hydrogen) atoms. The van der Waals surface area contributed by atoms with E-state index in [2.05, 4.69) is 10.3 Å². The van der Waals surface area contributed by atoms with E-state index in [-0.39, 0.29) is 5.91 Å². The molecule has 0 radical (unpaired) electrons. The molecule has 0 bridgehead atoms. The number of aromatic nitrogens is 1. The highest BCUT2D eigenvalue weighted by Gasteiger charge is 2.04. The molecule has 0 saturated carbocycles. The summed E-state index contributed by atoms with van der Waals surface area (Å²) in [6.45, 7) is 0. The van der Waals surface area contributed by atoms with Crippen molar-refractivity contribution < 1.29 is 4.79 Å². The van der Waals surface area contributed by atoms with E-state index in [1.165, 1.54) is 0 Å². The molecule has 4 nitrogen and oxygen atoms in total. The first-order valence-electron chi connectivity index (χ1n) is 6.11. The zero-order valence-electron chi connectivity index (χ0n) is 11.1. The average Bonchev–Trinajstić information content (AvgIpc) is 2.40.